The molecule has 0 N–H and O–H groups in total. The summed E-state index contributed by atoms with van der Waals surface area (Å²) in [5.74, 6) is 0.216. The summed E-state index contributed by atoms with van der Waals surface area (Å²) in [7, 11) is 0. The maximum Gasteiger partial charge on any atom is 0.237 e. The fraction of sp³-hybridized carbons (Fsp3) is 0.182. The van der Waals surface area contributed by atoms with Crippen LogP contribution in [-0.4, -0.2) is 32.0 Å². The lowest BCUT2D eigenvalue weighted by Gasteiger charge is -2.03. The van der Waals surface area contributed by atoms with Crippen molar-refractivity contribution in [3.63, 3.8) is 0 Å². The van der Waals surface area contributed by atoms with Gasteiger partial charge >= 0.3 is 0 Å². The van der Waals surface area contributed by atoms with Crippen molar-refractivity contribution in [2.45, 2.75) is 6.92 Å². The zero-order valence-corrected chi connectivity index (χ0v) is 9.67. The Morgan fingerprint density at radius 1 is 1.28 bits per heavy atom. The highest BCUT2D eigenvalue weighted by Gasteiger charge is 2.08. The predicted octanol–water partition coefficient (Wildman–Crippen LogP) is 1.47. The number of nitrogens with zero attached hydrogens (tertiary/aromatic N) is 5. The van der Waals surface area contributed by atoms with Crippen LogP contribution in [0.4, 0.5) is 4.39 Å². The van der Waals surface area contributed by atoms with E-state index in [0.717, 1.165) is 0 Å². The van der Waals surface area contributed by atoms with Gasteiger partial charge in [-0.3, -0.25) is 0 Å². The standard InChI is InChI=1S/C11H10FN5O/c1-3-18-7(2)10-14-16-11(17-15-10)8-4-5-9(12)13-6-8/h4-6H,2-3H2,1H3. The number of halogens is 1. The fourth-order valence-corrected chi connectivity index (χ4v) is 1.20. The zero-order valence-electron chi connectivity index (χ0n) is 9.67. The first-order chi connectivity index (χ1) is 8.70. The summed E-state index contributed by atoms with van der Waals surface area (Å²) in [5.41, 5.74) is 0.532. The quantitative estimate of drug-likeness (QED) is 0.601. The molecule has 0 saturated heterocycles. The van der Waals surface area contributed by atoms with E-state index in [4.69, 9.17) is 4.74 Å². The minimum Gasteiger partial charge on any atom is -0.490 e. The highest BCUT2D eigenvalue weighted by Crippen LogP contribution is 2.12. The van der Waals surface area contributed by atoms with Gasteiger partial charge in [0.1, 0.15) is 0 Å². The molecule has 0 aromatic carbocycles. The van der Waals surface area contributed by atoms with Crippen LogP contribution in [0.25, 0.3) is 17.1 Å². The summed E-state index contributed by atoms with van der Waals surface area (Å²) in [6.07, 6.45) is 1.31. The Hall–Kier alpha value is -2.44. The van der Waals surface area contributed by atoms with Crippen LogP contribution in [0, 0.1) is 5.95 Å². The van der Waals surface area contributed by atoms with E-state index in [0.29, 0.717) is 17.9 Å². The SMILES string of the molecule is C=C(OCC)c1nnc(-c2ccc(F)nc2)nn1. The molecule has 0 fully saturated rings. The largest absolute Gasteiger partial charge is 0.490 e. The maximum absolute atomic E-state index is 12.6. The summed E-state index contributed by atoms with van der Waals surface area (Å²) >= 11 is 0. The number of hydrogen-bond acceptors (Lipinski definition) is 6. The molecule has 0 aliphatic heterocycles. The highest BCUT2D eigenvalue weighted by atomic mass is 19.1. The Morgan fingerprint density at radius 2 is 2.00 bits per heavy atom. The van der Waals surface area contributed by atoms with E-state index in [1.165, 1.54) is 18.3 Å². The van der Waals surface area contributed by atoms with Gasteiger partial charge < -0.3 is 4.74 Å². The van der Waals surface area contributed by atoms with Crippen molar-refractivity contribution in [1.29, 1.82) is 0 Å². The molecule has 7 heteroatoms. The molecule has 0 radical (unpaired) electrons. The molecule has 2 rings (SSSR count). The van der Waals surface area contributed by atoms with Crippen molar-refractivity contribution in [2.24, 2.45) is 0 Å². The average molecular weight is 247 g/mol. The average Bonchev–Trinajstić information content (AvgIpc) is 2.40. The van der Waals surface area contributed by atoms with Gasteiger partial charge in [-0.25, -0.2) is 4.98 Å². The van der Waals surface area contributed by atoms with Gasteiger partial charge in [-0.15, -0.1) is 20.4 Å². The molecule has 0 amide bonds. The van der Waals surface area contributed by atoms with Crippen LogP contribution in [0.5, 0.6) is 0 Å². The van der Waals surface area contributed by atoms with E-state index in [-0.39, 0.29) is 11.6 Å². The van der Waals surface area contributed by atoms with Crippen molar-refractivity contribution < 1.29 is 9.13 Å². The van der Waals surface area contributed by atoms with Crippen molar-refractivity contribution in [1.82, 2.24) is 25.4 Å². The predicted molar refractivity (Wildman–Crippen MR) is 61.5 cm³/mol. The monoisotopic (exact) mass is 247 g/mol. The Bertz CT molecular complexity index is 540. The first-order valence-electron chi connectivity index (χ1n) is 5.22. The van der Waals surface area contributed by atoms with Crippen LogP contribution in [0.3, 0.4) is 0 Å². The molecule has 0 bridgehead atoms. The summed E-state index contributed by atoms with van der Waals surface area (Å²) in [5, 5.41) is 15.4. The van der Waals surface area contributed by atoms with Crippen LogP contribution in [0.2, 0.25) is 0 Å². The van der Waals surface area contributed by atoms with Gasteiger partial charge in [-0.05, 0) is 19.1 Å². The van der Waals surface area contributed by atoms with Gasteiger partial charge in [0.2, 0.25) is 17.6 Å². The van der Waals surface area contributed by atoms with Crippen LogP contribution in [0.15, 0.2) is 24.9 Å². The number of aromatic nitrogens is 5. The second kappa shape index (κ2) is 5.26. The van der Waals surface area contributed by atoms with E-state index in [1.54, 1.807) is 0 Å². The second-order valence-electron chi connectivity index (χ2n) is 3.27. The molecule has 0 aliphatic carbocycles. The number of pyridine rings is 1. The van der Waals surface area contributed by atoms with E-state index in [2.05, 4.69) is 32.0 Å². The van der Waals surface area contributed by atoms with E-state index >= 15 is 0 Å². The first-order valence-corrected chi connectivity index (χ1v) is 5.22. The molecule has 0 atom stereocenters. The van der Waals surface area contributed by atoms with Crippen molar-refractivity contribution >= 4 is 5.76 Å². The van der Waals surface area contributed by atoms with Gasteiger partial charge in [-0.2, -0.15) is 4.39 Å². The van der Waals surface area contributed by atoms with Gasteiger partial charge in [0.05, 0.1) is 6.61 Å². The lowest BCUT2D eigenvalue weighted by molar-refractivity contribution is 0.295. The third-order valence-electron chi connectivity index (χ3n) is 2.03. The Labute approximate surface area is 103 Å². The number of rotatable bonds is 4. The molecule has 2 aromatic rings. The van der Waals surface area contributed by atoms with E-state index < -0.39 is 5.95 Å². The minimum absolute atomic E-state index is 0.218. The van der Waals surface area contributed by atoms with E-state index in [1.807, 2.05) is 6.92 Å². The maximum atomic E-state index is 12.6. The molecule has 2 heterocycles. The van der Waals surface area contributed by atoms with Gasteiger partial charge in [-0.1, -0.05) is 6.58 Å². The summed E-state index contributed by atoms with van der Waals surface area (Å²) in [4.78, 5) is 3.50. The summed E-state index contributed by atoms with van der Waals surface area (Å²) < 4.78 is 17.8. The molecule has 18 heavy (non-hydrogen) atoms. The second-order valence-corrected chi connectivity index (χ2v) is 3.27. The molecular weight excluding hydrogens is 237 g/mol. The minimum atomic E-state index is -0.569. The smallest absolute Gasteiger partial charge is 0.237 e. The normalized spacial score (nSPS) is 10.1. The third-order valence-corrected chi connectivity index (χ3v) is 2.03. The van der Waals surface area contributed by atoms with E-state index in [9.17, 15) is 4.39 Å². The van der Waals surface area contributed by atoms with Gasteiger partial charge in [0, 0.05) is 11.8 Å². The number of ether oxygens (including phenoxy) is 1. The Morgan fingerprint density at radius 3 is 2.56 bits per heavy atom. The molecule has 0 unspecified atom stereocenters. The molecule has 0 aliphatic rings. The summed E-state index contributed by atoms with van der Waals surface area (Å²) in [6, 6.07) is 2.71. The zero-order chi connectivity index (χ0) is 13.0. The van der Waals surface area contributed by atoms with Crippen LogP contribution in [0.1, 0.15) is 12.7 Å². The molecule has 92 valence electrons. The van der Waals surface area contributed by atoms with Crippen molar-refractivity contribution in [3.05, 3.63) is 36.7 Å². The van der Waals surface area contributed by atoms with Gasteiger partial charge in [0.25, 0.3) is 0 Å². The third kappa shape index (κ3) is 2.62. The molecule has 0 spiro atoms. The van der Waals surface area contributed by atoms with Gasteiger partial charge in [0.15, 0.2) is 5.76 Å². The van der Waals surface area contributed by atoms with Crippen LogP contribution in [-0.2, 0) is 4.74 Å². The molecular formula is C11H10FN5O. The Balaban J connectivity index is 2.22. The first kappa shape index (κ1) is 12.0. The van der Waals surface area contributed by atoms with Crippen LogP contribution < -0.4 is 0 Å². The topological polar surface area (TPSA) is 73.7 Å². The van der Waals surface area contributed by atoms with Crippen LogP contribution >= 0.6 is 0 Å². The molecule has 2 aromatic heterocycles. The van der Waals surface area contributed by atoms with Crippen molar-refractivity contribution in [2.75, 3.05) is 6.61 Å². The highest BCUT2D eigenvalue weighted by molar-refractivity contribution is 5.53. The molecule has 6 nitrogen and oxygen atoms in total. The molecule has 0 saturated carbocycles. The Kier molecular flexibility index (Phi) is 3.52. The number of hydrogen-bond donors (Lipinski definition) is 0. The fourth-order valence-electron chi connectivity index (χ4n) is 1.20. The van der Waals surface area contributed by atoms with Crippen molar-refractivity contribution in [3.8, 4) is 11.4 Å². The summed E-state index contributed by atoms with van der Waals surface area (Å²) in [6.45, 7) is 5.93. The lowest BCUT2D eigenvalue weighted by atomic mass is 10.3. The lowest BCUT2D eigenvalue weighted by Crippen LogP contribution is -2.03.